The Bertz CT molecular complexity index is 295. The summed E-state index contributed by atoms with van der Waals surface area (Å²) in [5.74, 6) is 0.704. The molecule has 0 spiro atoms. The molecule has 0 N–H and O–H groups in total. The van der Waals surface area contributed by atoms with Crippen molar-refractivity contribution >= 4 is 27.7 Å². The number of rotatable bonds is 6. The molecule has 0 aliphatic heterocycles. The van der Waals surface area contributed by atoms with Crippen molar-refractivity contribution in [3.63, 3.8) is 0 Å². The van der Waals surface area contributed by atoms with Gasteiger partial charge in [-0.2, -0.15) is 0 Å². The molecule has 86 valence electrons. The predicted octanol–water partition coefficient (Wildman–Crippen LogP) is 3.84. The number of hydrogen-bond donors (Lipinski definition) is 0. The minimum atomic E-state index is -0.405. The Morgan fingerprint density at radius 2 is 2.00 bits per heavy atom. The minimum absolute atomic E-state index is 0.405. The van der Waals surface area contributed by atoms with Gasteiger partial charge in [0.2, 0.25) is 6.29 Å². The maximum Gasteiger partial charge on any atom is 0.217 e. The van der Waals surface area contributed by atoms with Gasteiger partial charge in [0.1, 0.15) is 0 Å². The van der Waals surface area contributed by atoms with Gasteiger partial charge in [0.25, 0.3) is 0 Å². The first-order valence-electron chi connectivity index (χ1n) is 4.79. The van der Waals surface area contributed by atoms with Gasteiger partial charge < -0.3 is 13.9 Å². The number of hydrogen-bond acceptors (Lipinski definition) is 4. The van der Waals surface area contributed by atoms with E-state index < -0.39 is 6.29 Å². The van der Waals surface area contributed by atoms with E-state index in [1.54, 1.807) is 11.8 Å². The van der Waals surface area contributed by atoms with E-state index in [1.807, 2.05) is 26.2 Å². The molecule has 0 radical (unpaired) electrons. The molecule has 0 saturated carbocycles. The Balaban J connectivity index is 2.80. The van der Waals surface area contributed by atoms with E-state index in [1.165, 1.54) is 0 Å². The maximum atomic E-state index is 5.60. The normalized spacial score (nSPS) is 11.3. The molecule has 0 atom stereocenters. The second kappa shape index (κ2) is 6.58. The average Bonchev–Trinajstić information content (AvgIpc) is 2.59. The predicted molar refractivity (Wildman–Crippen MR) is 64.2 cm³/mol. The summed E-state index contributed by atoms with van der Waals surface area (Å²) < 4.78 is 17.4. The lowest BCUT2D eigenvalue weighted by molar-refractivity contribution is -0.151. The summed E-state index contributed by atoms with van der Waals surface area (Å²) in [7, 11) is 0. The molecule has 1 heterocycles. The van der Waals surface area contributed by atoms with Gasteiger partial charge in [0.05, 0.1) is 4.47 Å². The molecule has 0 aliphatic carbocycles. The van der Waals surface area contributed by atoms with Crippen LogP contribution in [-0.2, 0) is 9.47 Å². The van der Waals surface area contributed by atoms with E-state index in [-0.39, 0.29) is 0 Å². The van der Waals surface area contributed by atoms with Crippen molar-refractivity contribution in [1.29, 1.82) is 0 Å². The largest absolute Gasteiger partial charge is 0.448 e. The highest BCUT2D eigenvalue weighted by Crippen LogP contribution is 2.33. The van der Waals surface area contributed by atoms with Crippen molar-refractivity contribution in [2.24, 2.45) is 0 Å². The Labute approximate surface area is 103 Å². The summed E-state index contributed by atoms with van der Waals surface area (Å²) in [4.78, 5) is 0. The van der Waals surface area contributed by atoms with Crippen LogP contribution in [0.25, 0.3) is 0 Å². The Morgan fingerprint density at radius 1 is 1.40 bits per heavy atom. The van der Waals surface area contributed by atoms with Crippen molar-refractivity contribution in [2.45, 2.75) is 25.2 Å². The van der Waals surface area contributed by atoms with Crippen LogP contribution >= 0.6 is 27.7 Å². The summed E-state index contributed by atoms with van der Waals surface area (Å²) in [5.41, 5.74) is 0. The van der Waals surface area contributed by atoms with Crippen molar-refractivity contribution in [3.8, 4) is 0 Å². The molecule has 0 unspecified atom stereocenters. The summed E-state index contributed by atoms with van der Waals surface area (Å²) in [6, 6.07) is 1.89. The number of furan rings is 1. The van der Waals surface area contributed by atoms with Gasteiger partial charge in [-0.25, -0.2) is 0 Å². The van der Waals surface area contributed by atoms with Crippen LogP contribution in [0.3, 0.4) is 0 Å². The van der Waals surface area contributed by atoms with Crippen LogP contribution < -0.4 is 0 Å². The van der Waals surface area contributed by atoms with Crippen LogP contribution in [0.1, 0.15) is 25.9 Å². The monoisotopic (exact) mass is 294 g/mol. The van der Waals surface area contributed by atoms with Crippen molar-refractivity contribution in [3.05, 3.63) is 16.3 Å². The van der Waals surface area contributed by atoms with E-state index in [0.29, 0.717) is 19.0 Å². The summed E-state index contributed by atoms with van der Waals surface area (Å²) in [6.45, 7) is 5.05. The first-order chi connectivity index (χ1) is 7.22. The zero-order chi connectivity index (χ0) is 11.3. The smallest absolute Gasteiger partial charge is 0.217 e. The fraction of sp³-hybridized carbons (Fsp3) is 0.600. The fourth-order valence-electron chi connectivity index (χ4n) is 1.14. The van der Waals surface area contributed by atoms with E-state index in [0.717, 1.165) is 9.56 Å². The van der Waals surface area contributed by atoms with Gasteiger partial charge >= 0.3 is 0 Å². The van der Waals surface area contributed by atoms with Gasteiger partial charge in [-0.05, 0) is 36.0 Å². The van der Waals surface area contributed by atoms with Crippen LogP contribution in [-0.4, -0.2) is 19.5 Å². The van der Waals surface area contributed by atoms with Crippen LogP contribution in [0.15, 0.2) is 20.0 Å². The minimum Gasteiger partial charge on any atom is -0.448 e. The molecule has 1 rings (SSSR count). The van der Waals surface area contributed by atoms with Gasteiger partial charge in [-0.1, -0.05) is 11.8 Å². The van der Waals surface area contributed by atoms with Crippen LogP contribution in [0.2, 0.25) is 0 Å². The fourth-order valence-corrected chi connectivity index (χ4v) is 2.37. The Kier molecular flexibility index (Phi) is 5.74. The van der Waals surface area contributed by atoms with Crippen LogP contribution in [0, 0.1) is 0 Å². The average molecular weight is 295 g/mol. The number of ether oxygens (including phenoxy) is 2. The first kappa shape index (κ1) is 13.1. The maximum absolute atomic E-state index is 5.60. The highest BCUT2D eigenvalue weighted by molar-refractivity contribution is 9.10. The molecule has 0 fully saturated rings. The lowest BCUT2D eigenvalue weighted by Gasteiger charge is -2.13. The molecule has 0 aromatic carbocycles. The topological polar surface area (TPSA) is 31.6 Å². The third-order valence-electron chi connectivity index (χ3n) is 1.73. The summed E-state index contributed by atoms with van der Waals surface area (Å²) >= 11 is 4.97. The molecule has 1 aromatic rings. The SMILES string of the molecule is CCOC(OCC)c1cc(Br)c(SC)o1. The van der Waals surface area contributed by atoms with Gasteiger partial charge in [-0.15, -0.1) is 0 Å². The van der Waals surface area contributed by atoms with Gasteiger partial charge in [0, 0.05) is 19.3 Å². The molecule has 15 heavy (non-hydrogen) atoms. The zero-order valence-corrected chi connectivity index (χ0v) is 11.5. The second-order valence-corrected chi connectivity index (χ2v) is 4.36. The summed E-state index contributed by atoms with van der Waals surface area (Å²) in [5, 5.41) is 0.842. The van der Waals surface area contributed by atoms with E-state index in [9.17, 15) is 0 Å². The second-order valence-electron chi connectivity index (χ2n) is 2.73. The molecule has 0 aliphatic rings. The number of halogens is 1. The quantitative estimate of drug-likeness (QED) is 0.589. The molecule has 1 aromatic heterocycles. The third kappa shape index (κ3) is 3.52. The first-order valence-corrected chi connectivity index (χ1v) is 6.81. The Morgan fingerprint density at radius 3 is 2.40 bits per heavy atom. The van der Waals surface area contributed by atoms with Crippen LogP contribution in [0.4, 0.5) is 0 Å². The molecule has 0 bridgehead atoms. The van der Waals surface area contributed by atoms with Crippen molar-refractivity contribution < 1.29 is 13.9 Å². The lowest BCUT2D eigenvalue weighted by Crippen LogP contribution is -2.07. The third-order valence-corrected chi connectivity index (χ3v) is 3.25. The van der Waals surface area contributed by atoms with Gasteiger partial charge in [-0.3, -0.25) is 0 Å². The number of thioether (sulfide) groups is 1. The van der Waals surface area contributed by atoms with Crippen molar-refractivity contribution in [2.75, 3.05) is 19.5 Å². The molecule has 0 amide bonds. The molecule has 0 saturated heterocycles. The standard InChI is InChI=1S/C10H15BrO3S/c1-4-12-9(13-5-2)8-6-7(11)10(14-8)15-3/h6,9H,4-5H2,1-3H3. The molecular weight excluding hydrogens is 280 g/mol. The highest BCUT2D eigenvalue weighted by atomic mass is 79.9. The molecule has 3 nitrogen and oxygen atoms in total. The van der Waals surface area contributed by atoms with E-state index >= 15 is 0 Å². The van der Waals surface area contributed by atoms with Crippen LogP contribution in [0.5, 0.6) is 0 Å². The molecular formula is C10H15BrO3S. The highest BCUT2D eigenvalue weighted by Gasteiger charge is 2.18. The van der Waals surface area contributed by atoms with Gasteiger partial charge in [0.15, 0.2) is 10.9 Å². The summed E-state index contributed by atoms with van der Waals surface area (Å²) in [6.07, 6.45) is 1.56. The molecule has 5 heteroatoms. The van der Waals surface area contributed by atoms with E-state index in [4.69, 9.17) is 13.9 Å². The lowest BCUT2D eigenvalue weighted by atomic mass is 10.4. The Hall–Kier alpha value is 0.0300. The zero-order valence-electron chi connectivity index (χ0n) is 9.08. The van der Waals surface area contributed by atoms with E-state index in [2.05, 4.69) is 15.9 Å². The van der Waals surface area contributed by atoms with Crippen molar-refractivity contribution in [1.82, 2.24) is 0 Å².